The third-order valence-corrected chi connectivity index (χ3v) is 3.86. The summed E-state index contributed by atoms with van der Waals surface area (Å²) in [5.41, 5.74) is 0.0111. The van der Waals surface area contributed by atoms with E-state index >= 15 is 0 Å². The molecule has 1 aliphatic rings. The first-order valence-electron chi connectivity index (χ1n) is 6.49. The maximum absolute atomic E-state index is 13.2. The number of amides is 1. The van der Waals surface area contributed by atoms with Crippen LogP contribution in [0.4, 0.5) is 4.39 Å². The molecule has 1 heterocycles. The SMILES string of the molecule is O=C(c1cc(F)ccc1O)N1CCCCCC1CCl. The molecule has 3 nitrogen and oxygen atoms in total. The largest absolute Gasteiger partial charge is 0.507 e. The second-order valence-electron chi connectivity index (χ2n) is 4.82. The highest BCUT2D eigenvalue weighted by Gasteiger charge is 2.27. The van der Waals surface area contributed by atoms with Crippen molar-refractivity contribution >= 4 is 17.5 Å². The summed E-state index contributed by atoms with van der Waals surface area (Å²) in [6.07, 6.45) is 3.86. The maximum atomic E-state index is 13.2. The van der Waals surface area contributed by atoms with E-state index in [2.05, 4.69) is 0 Å². The first-order valence-corrected chi connectivity index (χ1v) is 7.02. The van der Waals surface area contributed by atoms with Gasteiger partial charge in [-0.2, -0.15) is 0 Å². The van der Waals surface area contributed by atoms with Crippen LogP contribution in [0.15, 0.2) is 18.2 Å². The first kappa shape index (κ1) is 14.1. The van der Waals surface area contributed by atoms with Crippen LogP contribution in [-0.2, 0) is 0 Å². The van der Waals surface area contributed by atoms with Gasteiger partial charge in [-0.3, -0.25) is 4.79 Å². The molecule has 1 aromatic carbocycles. The van der Waals surface area contributed by atoms with Crippen molar-refractivity contribution < 1.29 is 14.3 Å². The topological polar surface area (TPSA) is 40.5 Å². The Balaban J connectivity index is 2.27. The van der Waals surface area contributed by atoms with Crippen LogP contribution < -0.4 is 0 Å². The standard InChI is InChI=1S/C14H17ClFNO2/c15-9-11-4-2-1-3-7-17(11)14(19)12-8-10(16)5-6-13(12)18/h5-6,8,11,18H,1-4,7,9H2. The number of phenols is 1. The molecule has 0 radical (unpaired) electrons. The van der Waals surface area contributed by atoms with E-state index in [1.165, 1.54) is 6.07 Å². The van der Waals surface area contributed by atoms with Crippen molar-refractivity contribution in [2.45, 2.75) is 31.7 Å². The molecule has 1 aromatic rings. The molecule has 5 heteroatoms. The molecule has 0 saturated carbocycles. The van der Waals surface area contributed by atoms with E-state index in [1.807, 2.05) is 0 Å². The summed E-state index contributed by atoms with van der Waals surface area (Å²) in [5.74, 6) is -0.700. The highest BCUT2D eigenvalue weighted by molar-refractivity contribution is 6.18. The highest BCUT2D eigenvalue weighted by Crippen LogP contribution is 2.24. The predicted octanol–water partition coefficient (Wildman–Crippen LogP) is 3.15. The van der Waals surface area contributed by atoms with Crippen molar-refractivity contribution in [3.63, 3.8) is 0 Å². The van der Waals surface area contributed by atoms with Gasteiger partial charge in [0.25, 0.3) is 5.91 Å². The minimum absolute atomic E-state index is 0.0111. The van der Waals surface area contributed by atoms with E-state index in [0.29, 0.717) is 12.4 Å². The maximum Gasteiger partial charge on any atom is 0.258 e. The van der Waals surface area contributed by atoms with Crippen LogP contribution in [0.1, 0.15) is 36.0 Å². The van der Waals surface area contributed by atoms with Gasteiger partial charge in [-0.25, -0.2) is 4.39 Å². The van der Waals surface area contributed by atoms with Crippen LogP contribution in [0, 0.1) is 5.82 Å². The van der Waals surface area contributed by atoms with E-state index < -0.39 is 5.82 Å². The Morgan fingerprint density at radius 3 is 2.95 bits per heavy atom. The predicted molar refractivity (Wildman–Crippen MR) is 72.1 cm³/mol. The molecule has 19 heavy (non-hydrogen) atoms. The van der Waals surface area contributed by atoms with E-state index in [4.69, 9.17) is 11.6 Å². The lowest BCUT2D eigenvalue weighted by molar-refractivity contribution is 0.0696. The van der Waals surface area contributed by atoms with Gasteiger partial charge < -0.3 is 10.0 Å². The number of carbonyl (C=O) groups is 1. The Bertz CT molecular complexity index is 467. The minimum atomic E-state index is -0.529. The summed E-state index contributed by atoms with van der Waals surface area (Å²) >= 11 is 5.92. The van der Waals surface area contributed by atoms with Gasteiger partial charge in [0, 0.05) is 18.5 Å². The van der Waals surface area contributed by atoms with Gasteiger partial charge in [0.05, 0.1) is 5.56 Å². The highest BCUT2D eigenvalue weighted by atomic mass is 35.5. The zero-order valence-electron chi connectivity index (χ0n) is 10.6. The first-order chi connectivity index (χ1) is 9.13. The molecule has 1 atom stereocenters. The monoisotopic (exact) mass is 285 g/mol. The number of hydrogen-bond donors (Lipinski definition) is 1. The molecule has 1 unspecified atom stereocenters. The number of likely N-dealkylation sites (tertiary alicyclic amines) is 1. The van der Waals surface area contributed by atoms with Gasteiger partial charge in [-0.15, -0.1) is 11.6 Å². The third kappa shape index (κ3) is 3.18. The fraction of sp³-hybridized carbons (Fsp3) is 0.500. The normalized spacial score (nSPS) is 20.1. The van der Waals surface area contributed by atoms with Crippen molar-refractivity contribution in [1.82, 2.24) is 4.90 Å². The second-order valence-corrected chi connectivity index (χ2v) is 5.13. The summed E-state index contributed by atoms with van der Waals surface area (Å²) in [5, 5.41) is 9.72. The third-order valence-electron chi connectivity index (χ3n) is 3.51. The van der Waals surface area contributed by atoms with Gasteiger partial charge in [0.2, 0.25) is 0 Å². The van der Waals surface area contributed by atoms with Crippen molar-refractivity contribution in [3.05, 3.63) is 29.6 Å². The number of phenolic OH excluding ortho intramolecular Hbond substituents is 1. The lowest BCUT2D eigenvalue weighted by Crippen LogP contribution is -2.41. The van der Waals surface area contributed by atoms with Crippen LogP contribution in [-0.4, -0.2) is 34.4 Å². The summed E-state index contributed by atoms with van der Waals surface area (Å²) in [6, 6.07) is 3.37. The molecule has 0 spiro atoms. The Kier molecular flexibility index (Phi) is 4.64. The van der Waals surface area contributed by atoms with E-state index in [9.17, 15) is 14.3 Å². The minimum Gasteiger partial charge on any atom is -0.507 e. The number of hydrogen-bond acceptors (Lipinski definition) is 2. The molecule has 0 aliphatic carbocycles. The molecule has 1 amide bonds. The molecule has 1 aliphatic heterocycles. The number of alkyl halides is 1. The molecular formula is C14H17ClFNO2. The average molecular weight is 286 g/mol. The number of carbonyl (C=O) groups excluding carboxylic acids is 1. The van der Waals surface area contributed by atoms with Gasteiger partial charge in [0.15, 0.2) is 0 Å². The molecule has 1 saturated heterocycles. The average Bonchev–Trinajstić information content (AvgIpc) is 2.65. The van der Waals surface area contributed by atoms with Gasteiger partial charge in [0.1, 0.15) is 11.6 Å². The molecule has 1 fully saturated rings. The van der Waals surface area contributed by atoms with Gasteiger partial charge >= 0.3 is 0 Å². The van der Waals surface area contributed by atoms with Crippen LogP contribution in [0.25, 0.3) is 0 Å². The van der Waals surface area contributed by atoms with E-state index in [1.54, 1.807) is 4.90 Å². The zero-order chi connectivity index (χ0) is 13.8. The van der Waals surface area contributed by atoms with Crippen LogP contribution in [0.5, 0.6) is 5.75 Å². The number of benzene rings is 1. The number of halogens is 2. The van der Waals surface area contributed by atoms with E-state index in [0.717, 1.165) is 37.8 Å². The van der Waals surface area contributed by atoms with Crippen LogP contribution in [0.3, 0.4) is 0 Å². The summed E-state index contributed by atoms with van der Waals surface area (Å²) < 4.78 is 13.2. The van der Waals surface area contributed by atoms with Crippen LogP contribution >= 0.6 is 11.6 Å². The Hall–Kier alpha value is -1.29. The van der Waals surface area contributed by atoms with Crippen molar-refractivity contribution in [2.24, 2.45) is 0 Å². The molecule has 0 aromatic heterocycles. The summed E-state index contributed by atoms with van der Waals surface area (Å²) in [6.45, 7) is 0.603. The van der Waals surface area contributed by atoms with Crippen molar-refractivity contribution in [2.75, 3.05) is 12.4 Å². The Morgan fingerprint density at radius 1 is 1.42 bits per heavy atom. The zero-order valence-corrected chi connectivity index (χ0v) is 11.4. The Labute approximate surface area is 117 Å². The summed E-state index contributed by atoms with van der Waals surface area (Å²) in [7, 11) is 0. The molecule has 2 rings (SSSR count). The Morgan fingerprint density at radius 2 is 2.21 bits per heavy atom. The quantitative estimate of drug-likeness (QED) is 0.848. The second kappa shape index (κ2) is 6.24. The fourth-order valence-corrected chi connectivity index (χ4v) is 2.76. The summed E-state index contributed by atoms with van der Waals surface area (Å²) in [4.78, 5) is 14.1. The van der Waals surface area contributed by atoms with Crippen LogP contribution in [0.2, 0.25) is 0 Å². The lowest BCUT2D eigenvalue weighted by Gasteiger charge is -2.28. The van der Waals surface area contributed by atoms with Gasteiger partial charge in [-0.1, -0.05) is 12.8 Å². The number of aromatic hydroxyl groups is 1. The molecule has 1 N–H and O–H groups in total. The lowest BCUT2D eigenvalue weighted by atomic mass is 10.1. The molecule has 0 bridgehead atoms. The molecule has 104 valence electrons. The molecular weight excluding hydrogens is 269 g/mol. The fourth-order valence-electron chi connectivity index (χ4n) is 2.44. The van der Waals surface area contributed by atoms with Crippen molar-refractivity contribution in [1.29, 1.82) is 0 Å². The van der Waals surface area contributed by atoms with Crippen molar-refractivity contribution in [3.8, 4) is 5.75 Å². The van der Waals surface area contributed by atoms with Gasteiger partial charge in [-0.05, 0) is 31.0 Å². The number of nitrogens with zero attached hydrogens (tertiary/aromatic N) is 1. The smallest absolute Gasteiger partial charge is 0.258 e. The number of rotatable bonds is 2. The van der Waals surface area contributed by atoms with E-state index in [-0.39, 0.29) is 23.3 Å².